The normalized spacial score (nSPS) is 16.0. The Morgan fingerprint density at radius 2 is 1.83 bits per heavy atom. The van der Waals surface area contributed by atoms with Crippen molar-refractivity contribution in [2.75, 3.05) is 5.73 Å². The van der Waals surface area contributed by atoms with Crippen LogP contribution in [0.5, 0.6) is 0 Å². The number of allylic oxidation sites excluding steroid dienone is 1. The third-order valence-electron chi connectivity index (χ3n) is 3.06. The van der Waals surface area contributed by atoms with Gasteiger partial charge in [0.15, 0.2) is 5.72 Å². The predicted molar refractivity (Wildman–Crippen MR) is 89.1 cm³/mol. The van der Waals surface area contributed by atoms with E-state index in [-0.39, 0.29) is 0 Å². The van der Waals surface area contributed by atoms with Gasteiger partial charge in [0.05, 0.1) is 0 Å². The van der Waals surface area contributed by atoms with Crippen LogP contribution in [0.15, 0.2) is 36.2 Å². The minimum absolute atomic E-state index is 0.459. The SMILES string of the molecule is CC(C)(C)OC(=O)N1C(C#Cc2ccc(N)cc2)=COC1(C)C. The quantitative estimate of drug-likeness (QED) is 0.588. The standard InChI is InChI=1S/C18H22N2O3/c1-17(2,3)23-16(21)20-15(12-22-18(20,4)5)11-8-13-6-9-14(19)10-7-13/h6-7,9-10,12H,19H2,1-5H3. The van der Waals surface area contributed by atoms with Crippen molar-refractivity contribution in [3.8, 4) is 11.8 Å². The Morgan fingerprint density at radius 3 is 2.39 bits per heavy atom. The fourth-order valence-corrected chi connectivity index (χ4v) is 2.01. The first-order valence-electron chi connectivity index (χ1n) is 7.37. The van der Waals surface area contributed by atoms with Gasteiger partial charge in [-0.25, -0.2) is 9.69 Å². The van der Waals surface area contributed by atoms with Crippen LogP contribution in [0.25, 0.3) is 0 Å². The summed E-state index contributed by atoms with van der Waals surface area (Å²) in [4.78, 5) is 13.9. The molecule has 1 aromatic rings. The molecular weight excluding hydrogens is 292 g/mol. The molecule has 2 rings (SSSR count). The van der Waals surface area contributed by atoms with E-state index in [9.17, 15) is 4.79 Å². The number of hydrogen-bond acceptors (Lipinski definition) is 4. The summed E-state index contributed by atoms with van der Waals surface area (Å²) < 4.78 is 11.0. The maximum Gasteiger partial charge on any atom is 0.418 e. The lowest BCUT2D eigenvalue weighted by molar-refractivity contribution is -0.0476. The van der Waals surface area contributed by atoms with E-state index in [1.165, 1.54) is 11.2 Å². The number of ether oxygens (including phenoxy) is 2. The van der Waals surface area contributed by atoms with Crippen LogP contribution < -0.4 is 5.73 Å². The fraction of sp³-hybridized carbons (Fsp3) is 0.389. The van der Waals surface area contributed by atoms with Gasteiger partial charge in [-0.05, 0) is 64.8 Å². The van der Waals surface area contributed by atoms with Crippen LogP contribution in [0.4, 0.5) is 10.5 Å². The van der Waals surface area contributed by atoms with Crippen molar-refractivity contribution in [1.29, 1.82) is 0 Å². The molecule has 5 heteroatoms. The number of carbonyl (C=O) groups excluding carboxylic acids is 1. The number of hydrogen-bond donors (Lipinski definition) is 1. The highest BCUT2D eigenvalue weighted by Crippen LogP contribution is 2.30. The van der Waals surface area contributed by atoms with E-state index in [2.05, 4.69) is 11.8 Å². The monoisotopic (exact) mass is 314 g/mol. The van der Waals surface area contributed by atoms with Crippen LogP contribution in [0.3, 0.4) is 0 Å². The van der Waals surface area contributed by atoms with E-state index in [4.69, 9.17) is 15.2 Å². The smallest absolute Gasteiger partial charge is 0.418 e. The van der Waals surface area contributed by atoms with Crippen LogP contribution in [-0.4, -0.2) is 22.3 Å². The molecule has 122 valence electrons. The second kappa shape index (κ2) is 5.88. The lowest BCUT2D eigenvalue weighted by Gasteiger charge is -2.32. The number of nitrogens with two attached hydrogens (primary N) is 1. The summed E-state index contributed by atoms with van der Waals surface area (Å²) in [5, 5.41) is 0. The van der Waals surface area contributed by atoms with Crippen molar-refractivity contribution >= 4 is 11.8 Å². The first-order valence-corrected chi connectivity index (χ1v) is 7.37. The molecule has 23 heavy (non-hydrogen) atoms. The second-order valence-electron chi connectivity index (χ2n) is 6.76. The molecule has 1 aliphatic heterocycles. The van der Waals surface area contributed by atoms with Gasteiger partial charge in [0.1, 0.15) is 17.6 Å². The molecule has 0 atom stereocenters. The van der Waals surface area contributed by atoms with E-state index in [1.54, 1.807) is 26.0 Å². The van der Waals surface area contributed by atoms with Crippen molar-refractivity contribution in [1.82, 2.24) is 4.90 Å². The molecule has 0 aliphatic carbocycles. The largest absolute Gasteiger partial charge is 0.473 e. The molecule has 1 aromatic carbocycles. The summed E-state index contributed by atoms with van der Waals surface area (Å²) in [6.45, 7) is 9.02. The van der Waals surface area contributed by atoms with Crippen molar-refractivity contribution in [2.24, 2.45) is 0 Å². The Bertz CT molecular complexity index is 686. The van der Waals surface area contributed by atoms with Gasteiger partial charge in [-0.3, -0.25) is 0 Å². The van der Waals surface area contributed by atoms with Gasteiger partial charge in [0, 0.05) is 11.3 Å². The second-order valence-corrected chi connectivity index (χ2v) is 6.76. The van der Waals surface area contributed by atoms with Gasteiger partial charge in [0.2, 0.25) is 0 Å². The summed E-state index contributed by atoms with van der Waals surface area (Å²) in [5.74, 6) is 5.96. The van der Waals surface area contributed by atoms with Crippen LogP contribution in [0, 0.1) is 11.8 Å². The van der Waals surface area contributed by atoms with Gasteiger partial charge in [-0.15, -0.1) is 0 Å². The lowest BCUT2D eigenvalue weighted by Crippen LogP contribution is -2.46. The third-order valence-corrected chi connectivity index (χ3v) is 3.06. The van der Waals surface area contributed by atoms with Crippen molar-refractivity contribution in [3.05, 3.63) is 41.8 Å². The molecule has 5 nitrogen and oxygen atoms in total. The van der Waals surface area contributed by atoms with E-state index < -0.39 is 17.4 Å². The third kappa shape index (κ3) is 4.19. The summed E-state index contributed by atoms with van der Waals surface area (Å²) in [7, 11) is 0. The highest BCUT2D eigenvalue weighted by atomic mass is 16.6. The lowest BCUT2D eigenvalue weighted by atomic mass is 10.2. The molecule has 0 spiro atoms. The maximum absolute atomic E-state index is 12.4. The summed E-state index contributed by atoms with van der Waals surface area (Å²) >= 11 is 0. The number of benzene rings is 1. The van der Waals surface area contributed by atoms with Gasteiger partial charge in [0.25, 0.3) is 0 Å². The Morgan fingerprint density at radius 1 is 1.22 bits per heavy atom. The highest BCUT2D eigenvalue weighted by Gasteiger charge is 2.41. The number of nitrogen functional groups attached to an aromatic ring is 1. The summed E-state index contributed by atoms with van der Waals surface area (Å²) in [6.07, 6.45) is 0.992. The number of amides is 1. The Hall–Kier alpha value is -2.61. The van der Waals surface area contributed by atoms with E-state index in [0.717, 1.165) is 5.56 Å². The molecule has 1 heterocycles. The van der Waals surface area contributed by atoms with Crippen molar-refractivity contribution in [2.45, 2.75) is 45.9 Å². The molecule has 0 aromatic heterocycles. The van der Waals surface area contributed by atoms with Crippen LogP contribution in [-0.2, 0) is 9.47 Å². The molecule has 0 bridgehead atoms. The molecule has 1 amide bonds. The minimum atomic E-state index is -0.840. The highest BCUT2D eigenvalue weighted by molar-refractivity contribution is 5.73. The van der Waals surface area contributed by atoms with Gasteiger partial charge in [-0.2, -0.15) is 0 Å². The molecule has 0 unspecified atom stereocenters. The number of nitrogens with zero attached hydrogens (tertiary/aromatic N) is 1. The predicted octanol–water partition coefficient (Wildman–Crippen LogP) is 3.47. The number of carbonyl (C=O) groups is 1. The zero-order valence-electron chi connectivity index (χ0n) is 14.1. The zero-order chi connectivity index (χ0) is 17.3. The average molecular weight is 314 g/mol. The van der Waals surface area contributed by atoms with E-state index in [0.29, 0.717) is 11.4 Å². The van der Waals surface area contributed by atoms with Crippen LogP contribution >= 0.6 is 0 Å². The first kappa shape index (κ1) is 16.8. The fourth-order valence-electron chi connectivity index (χ4n) is 2.01. The molecule has 0 fully saturated rings. The minimum Gasteiger partial charge on any atom is -0.473 e. The molecule has 2 N–H and O–H groups in total. The first-order chi connectivity index (χ1) is 10.6. The molecule has 0 saturated carbocycles. The molecule has 1 aliphatic rings. The van der Waals surface area contributed by atoms with E-state index in [1.807, 2.05) is 32.9 Å². The van der Waals surface area contributed by atoms with Crippen molar-refractivity contribution < 1.29 is 14.3 Å². The Balaban J connectivity index is 2.24. The van der Waals surface area contributed by atoms with Gasteiger partial charge >= 0.3 is 6.09 Å². The number of anilines is 1. The molecule has 0 radical (unpaired) electrons. The molecular formula is C18H22N2O3. The zero-order valence-corrected chi connectivity index (χ0v) is 14.1. The average Bonchev–Trinajstić information content (AvgIpc) is 2.71. The van der Waals surface area contributed by atoms with Crippen LogP contribution in [0.2, 0.25) is 0 Å². The summed E-state index contributed by atoms with van der Waals surface area (Å²) in [6, 6.07) is 7.20. The topological polar surface area (TPSA) is 64.8 Å². The molecule has 0 saturated heterocycles. The van der Waals surface area contributed by atoms with Crippen LogP contribution in [0.1, 0.15) is 40.2 Å². The Kier molecular flexibility index (Phi) is 4.28. The van der Waals surface area contributed by atoms with Crippen molar-refractivity contribution in [3.63, 3.8) is 0 Å². The maximum atomic E-state index is 12.4. The Labute approximate surface area is 137 Å². The summed E-state index contributed by atoms with van der Waals surface area (Å²) in [5.41, 5.74) is 6.16. The van der Waals surface area contributed by atoms with Gasteiger partial charge < -0.3 is 15.2 Å². The van der Waals surface area contributed by atoms with Gasteiger partial charge in [-0.1, -0.05) is 5.92 Å². The van der Waals surface area contributed by atoms with E-state index >= 15 is 0 Å². The number of rotatable bonds is 0.